The molecular weight excluding hydrogens is 300 g/mol. The van der Waals surface area contributed by atoms with Crippen LogP contribution in [0, 0.1) is 0 Å². The van der Waals surface area contributed by atoms with Gasteiger partial charge in [0.25, 0.3) is 5.76 Å². The van der Waals surface area contributed by atoms with E-state index in [0.29, 0.717) is 24.1 Å². The van der Waals surface area contributed by atoms with Gasteiger partial charge in [0.15, 0.2) is 0 Å². The largest absolute Gasteiger partial charge is 0.464 e. The van der Waals surface area contributed by atoms with Gasteiger partial charge in [0.2, 0.25) is 0 Å². The summed E-state index contributed by atoms with van der Waals surface area (Å²) in [7, 11) is 0. The van der Waals surface area contributed by atoms with Gasteiger partial charge in [0.1, 0.15) is 11.5 Å². The first-order valence-corrected chi connectivity index (χ1v) is 9.33. The van der Waals surface area contributed by atoms with Crippen LogP contribution in [-0.4, -0.2) is 24.3 Å². The molecule has 0 saturated heterocycles. The first-order chi connectivity index (χ1) is 9.72. The van der Waals surface area contributed by atoms with Gasteiger partial charge in [-0.1, -0.05) is 24.6 Å². The Morgan fingerprint density at radius 3 is 2.65 bits per heavy atom. The summed E-state index contributed by atoms with van der Waals surface area (Å²) in [6, 6.07) is 3.63. The molecule has 116 valence electrons. The molecule has 0 spiro atoms. The highest BCUT2D eigenvalue weighted by Crippen LogP contribution is 2.21. The van der Waals surface area contributed by atoms with Crippen LogP contribution in [0.15, 0.2) is 16.5 Å². The predicted octanol–water partition coefficient (Wildman–Crippen LogP) is 4.75. The van der Waals surface area contributed by atoms with Crippen LogP contribution in [0.1, 0.15) is 37.2 Å². The molecule has 0 atom stereocenters. The van der Waals surface area contributed by atoms with Gasteiger partial charge in [0, 0.05) is 0 Å². The Morgan fingerprint density at radius 1 is 1.15 bits per heavy atom. The number of rotatable bonds is 12. The van der Waals surface area contributed by atoms with Crippen molar-refractivity contribution in [2.24, 2.45) is 0 Å². The SMILES string of the molecule is CSCCCCCCNCc1ccc(CSC(F)F)o1. The summed E-state index contributed by atoms with van der Waals surface area (Å²) in [5.74, 6) is 0.570. The van der Waals surface area contributed by atoms with Crippen molar-refractivity contribution in [1.29, 1.82) is 0 Å². The second kappa shape index (κ2) is 11.5. The predicted molar refractivity (Wildman–Crippen MR) is 84.6 cm³/mol. The summed E-state index contributed by atoms with van der Waals surface area (Å²) in [6.45, 7) is 1.64. The van der Waals surface area contributed by atoms with E-state index in [1.54, 1.807) is 6.07 Å². The number of alkyl halides is 2. The third kappa shape index (κ3) is 8.87. The number of nitrogens with one attached hydrogen (secondary N) is 1. The highest BCUT2D eigenvalue weighted by atomic mass is 32.2. The Kier molecular flexibility index (Phi) is 10.2. The van der Waals surface area contributed by atoms with E-state index in [-0.39, 0.29) is 5.75 Å². The Balaban J connectivity index is 2.01. The molecule has 0 amide bonds. The number of halogens is 2. The average molecular weight is 323 g/mol. The maximum Gasteiger partial charge on any atom is 0.284 e. The van der Waals surface area contributed by atoms with Crippen molar-refractivity contribution >= 4 is 23.5 Å². The molecule has 0 bridgehead atoms. The van der Waals surface area contributed by atoms with E-state index in [2.05, 4.69) is 11.6 Å². The minimum Gasteiger partial charge on any atom is -0.464 e. The number of thioether (sulfide) groups is 2. The van der Waals surface area contributed by atoms with Crippen LogP contribution in [0.2, 0.25) is 0 Å². The smallest absolute Gasteiger partial charge is 0.284 e. The Labute approximate surface area is 128 Å². The lowest BCUT2D eigenvalue weighted by Gasteiger charge is -2.03. The van der Waals surface area contributed by atoms with E-state index in [1.807, 2.05) is 17.8 Å². The number of unbranched alkanes of at least 4 members (excludes halogenated alkanes) is 3. The topological polar surface area (TPSA) is 25.2 Å². The maximum absolute atomic E-state index is 12.0. The molecule has 1 aromatic heterocycles. The molecule has 0 aliphatic heterocycles. The monoisotopic (exact) mass is 323 g/mol. The minimum atomic E-state index is -2.34. The number of hydrogen-bond acceptors (Lipinski definition) is 4. The average Bonchev–Trinajstić information content (AvgIpc) is 2.87. The zero-order chi connectivity index (χ0) is 14.6. The van der Waals surface area contributed by atoms with Crippen molar-refractivity contribution < 1.29 is 13.2 Å². The normalized spacial score (nSPS) is 11.4. The van der Waals surface area contributed by atoms with Crippen molar-refractivity contribution in [3.63, 3.8) is 0 Å². The molecule has 1 aromatic rings. The fraction of sp³-hybridized carbons (Fsp3) is 0.714. The van der Waals surface area contributed by atoms with Crippen molar-refractivity contribution in [3.05, 3.63) is 23.7 Å². The molecule has 1 rings (SSSR count). The van der Waals surface area contributed by atoms with Crippen molar-refractivity contribution in [3.8, 4) is 0 Å². The lowest BCUT2D eigenvalue weighted by molar-refractivity contribution is 0.251. The molecule has 20 heavy (non-hydrogen) atoms. The van der Waals surface area contributed by atoms with Gasteiger partial charge in [-0.15, -0.1) is 0 Å². The van der Waals surface area contributed by atoms with Crippen molar-refractivity contribution in [2.75, 3.05) is 18.6 Å². The Hall–Kier alpha value is -0.200. The fourth-order valence-corrected chi connectivity index (χ4v) is 2.74. The van der Waals surface area contributed by atoms with Gasteiger partial charge >= 0.3 is 0 Å². The van der Waals surface area contributed by atoms with Crippen LogP contribution in [0.25, 0.3) is 0 Å². The third-order valence-corrected chi connectivity index (χ3v) is 4.22. The molecular formula is C14H23F2NOS2. The van der Waals surface area contributed by atoms with E-state index in [4.69, 9.17) is 4.42 Å². The van der Waals surface area contributed by atoms with E-state index >= 15 is 0 Å². The molecule has 0 radical (unpaired) electrons. The van der Waals surface area contributed by atoms with Gasteiger partial charge in [-0.2, -0.15) is 20.5 Å². The molecule has 2 nitrogen and oxygen atoms in total. The van der Waals surface area contributed by atoms with Crippen molar-refractivity contribution in [1.82, 2.24) is 5.32 Å². The van der Waals surface area contributed by atoms with Gasteiger partial charge < -0.3 is 9.73 Å². The van der Waals surface area contributed by atoms with Crippen LogP contribution in [0.5, 0.6) is 0 Å². The van der Waals surface area contributed by atoms with Gasteiger partial charge in [-0.3, -0.25) is 0 Å². The number of hydrogen-bond donors (Lipinski definition) is 1. The number of furan rings is 1. The highest BCUT2D eigenvalue weighted by molar-refractivity contribution is 7.98. The molecule has 0 unspecified atom stereocenters. The zero-order valence-corrected chi connectivity index (χ0v) is 13.5. The van der Waals surface area contributed by atoms with Crippen LogP contribution in [0.3, 0.4) is 0 Å². The second-order valence-corrected chi connectivity index (χ2v) is 6.49. The fourth-order valence-electron chi connectivity index (χ4n) is 1.80. The summed E-state index contributed by atoms with van der Waals surface area (Å²) in [5.41, 5.74) is 0. The van der Waals surface area contributed by atoms with Gasteiger partial charge in [-0.05, 0) is 43.5 Å². The lowest BCUT2D eigenvalue weighted by atomic mass is 10.2. The van der Waals surface area contributed by atoms with E-state index in [1.165, 1.54) is 31.4 Å². The summed E-state index contributed by atoms with van der Waals surface area (Å²) in [4.78, 5) is 0. The van der Waals surface area contributed by atoms with Crippen LogP contribution < -0.4 is 5.32 Å². The Morgan fingerprint density at radius 2 is 1.90 bits per heavy atom. The quantitative estimate of drug-likeness (QED) is 0.561. The standard InChI is InChI=1S/C14H23F2NOS2/c1-19-9-5-3-2-4-8-17-10-12-6-7-13(18-12)11-20-14(15)16/h6-7,14,17H,2-5,8-11H2,1H3. The Bertz CT molecular complexity index is 348. The summed E-state index contributed by atoms with van der Waals surface area (Å²) in [6.07, 6.45) is 7.15. The summed E-state index contributed by atoms with van der Waals surface area (Å²) < 4.78 is 29.5. The highest BCUT2D eigenvalue weighted by Gasteiger charge is 2.07. The minimum absolute atomic E-state index is 0.229. The van der Waals surface area contributed by atoms with E-state index < -0.39 is 5.76 Å². The molecule has 0 aromatic carbocycles. The van der Waals surface area contributed by atoms with Crippen molar-refractivity contribution in [2.45, 2.75) is 43.7 Å². The summed E-state index contributed by atoms with van der Waals surface area (Å²) in [5, 5.41) is 3.32. The van der Waals surface area contributed by atoms with Gasteiger partial charge in [0.05, 0.1) is 12.3 Å². The molecule has 0 saturated carbocycles. The zero-order valence-electron chi connectivity index (χ0n) is 11.9. The lowest BCUT2D eigenvalue weighted by Crippen LogP contribution is -2.14. The molecule has 0 aliphatic carbocycles. The third-order valence-electron chi connectivity index (χ3n) is 2.82. The molecule has 0 aliphatic rings. The molecule has 1 heterocycles. The van der Waals surface area contributed by atoms with Crippen LogP contribution >= 0.6 is 23.5 Å². The van der Waals surface area contributed by atoms with E-state index in [0.717, 1.165) is 12.3 Å². The maximum atomic E-state index is 12.0. The molecule has 1 N–H and O–H groups in total. The second-order valence-electron chi connectivity index (χ2n) is 4.52. The van der Waals surface area contributed by atoms with E-state index in [9.17, 15) is 8.78 Å². The van der Waals surface area contributed by atoms with Crippen LogP contribution in [0.4, 0.5) is 8.78 Å². The molecule has 6 heteroatoms. The molecule has 0 fully saturated rings. The van der Waals surface area contributed by atoms with Crippen LogP contribution in [-0.2, 0) is 12.3 Å². The first kappa shape index (κ1) is 17.9. The first-order valence-electron chi connectivity index (χ1n) is 6.89. The summed E-state index contributed by atoms with van der Waals surface area (Å²) >= 11 is 2.49. The van der Waals surface area contributed by atoms with Gasteiger partial charge in [-0.25, -0.2) is 0 Å².